The lowest BCUT2D eigenvalue weighted by Gasteiger charge is -2.14. The number of ether oxygens (including phenoxy) is 2. The van der Waals surface area contributed by atoms with Crippen LogP contribution in [0.15, 0.2) is 92.1 Å². The number of para-hydroxylation sites is 1. The van der Waals surface area contributed by atoms with E-state index in [1.165, 1.54) is 32.0 Å². The highest BCUT2D eigenvalue weighted by Gasteiger charge is 2.25. The molecule has 10 heteroatoms. The first-order chi connectivity index (χ1) is 16.5. The van der Waals surface area contributed by atoms with E-state index >= 15 is 0 Å². The van der Waals surface area contributed by atoms with Gasteiger partial charge in [-0.2, -0.15) is 0 Å². The lowest BCUT2D eigenvalue weighted by atomic mass is 10.1. The van der Waals surface area contributed by atoms with Crippen molar-refractivity contribution in [1.82, 2.24) is 10.3 Å². The lowest BCUT2D eigenvalue weighted by molar-refractivity contribution is 0.314. The monoisotopic (exact) mass is 493 g/mol. The molecule has 5 aromatic rings. The number of hydrogen-bond acceptors (Lipinski definition) is 8. The van der Waals surface area contributed by atoms with Gasteiger partial charge in [0.1, 0.15) is 4.90 Å². The van der Waals surface area contributed by atoms with Gasteiger partial charge >= 0.3 is 0 Å². The summed E-state index contributed by atoms with van der Waals surface area (Å²) in [6, 6.07) is 22.2. The van der Waals surface area contributed by atoms with Crippen molar-refractivity contribution in [3.8, 4) is 11.5 Å². The molecule has 0 aliphatic rings. The number of methoxy groups -OCH3 is 2. The fourth-order valence-electron chi connectivity index (χ4n) is 3.69. The second-order valence-corrected chi connectivity index (χ2v) is 9.98. The molecule has 0 aliphatic heterocycles. The van der Waals surface area contributed by atoms with E-state index in [0.29, 0.717) is 11.3 Å². The number of benzene rings is 4. The second kappa shape index (κ2) is 8.88. The molecule has 0 spiro atoms. The lowest BCUT2D eigenvalue weighted by Crippen LogP contribution is -2.14. The fourth-order valence-corrected chi connectivity index (χ4v) is 5.93. The molecule has 5 rings (SSSR count). The zero-order valence-corrected chi connectivity index (χ0v) is 19.8. The summed E-state index contributed by atoms with van der Waals surface area (Å²) in [6.07, 6.45) is 0. The zero-order valence-electron chi connectivity index (χ0n) is 18.2. The smallest absolute Gasteiger partial charge is 0.264 e. The van der Waals surface area contributed by atoms with E-state index in [2.05, 4.69) is 15.0 Å². The summed E-state index contributed by atoms with van der Waals surface area (Å²) in [6.45, 7) is 0. The maximum atomic E-state index is 13.3. The van der Waals surface area contributed by atoms with Gasteiger partial charge in [-0.15, -0.1) is 0 Å². The molecular weight excluding hydrogens is 474 g/mol. The molecule has 1 N–H and O–H groups in total. The first-order valence-electron chi connectivity index (χ1n) is 10.2. The highest BCUT2D eigenvalue weighted by atomic mass is 32.2. The van der Waals surface area contributed by atoms with Gasteiger partial charge in [0.25, 0.3) is 10.0 Å². The predicted molar refractivity (Wildman–Crippen MR) is 130 cm³/mol. The maximum absolute atomic E-state index is 13.3. The van der Waals surface area contributed by atoms with Gasteiger partial charge in [-0.3, -0.25) is 4.72 Å². The van der Waals surface area contributed by atoms with Crippen LogP contribution in [-0.4, -0.2) is 33.0 Å². The van der Waals surface area contributed by atoms with Crippen LogP contribution in [0.25, 0.3) is 21.8 Å². The molecule has 0 bridgehead atoms. The quantitative estimate of drug-likeness (QED) is 0.324. The second-order valence-electron chi connectivity index (χ2n) is 7.25. The van der Waals surface area contributed by atoms with Crippen LogP contribution in [0.3, 0.4) is 0 Å². The number of anilines is 1. The van der Waals surface area contributed by atoms with Gasteiger partial charge in [-0.05, 0) is 51.4 Å². The molecule has 0 radical (unpaired) electrons. The predicted octanol–water partition coefficient (Wildman–Crippen LogP) is 5.35. The zero-order chi connectivity index (χ0) is 23.7. The van der Waals surface area contributed by atoms with Crippen LogP contribution in [0, 0.1) is 0 Å². The van der Waals surface area contributed by atoms with Crippen molar-refractivity contribution < 1.29 is 22.5 Å². The minimum atomic E-state index is -4.05. The van der Waals surface area contributed by atoms with Crippen molar-refractivity contribution >= 4 is 49.3 Å². The van der Waals surface area contributed by atoms with Crippen molar-refractivity contribution in [3.63, 3.8) is 0 Å². The van der Waals surface area contributed by atoms with Gasteiger partial charge in [0.15, 0.2) is 22.5 Å². The van der Waals surface area contributed by atoms with Crippen LogP contribution in [0.2, 0.25) is 0 Å². The normalized spacial score (nSPS) is 11.6. The summed E-state index contributed by atoms with van der Waals surface area (Å²) in [5.74, 6) is 0.670. The Morgan fingerprint density at radius 3 is 2.41 bits per heavy atom. The number of fused-ring (bicyclic) bond motifs is 2. The molecular formula is C24H19N3O5S2. The Morgan fingerprint density at radius 1 is 0.824 bits per heavy atom. The van der Waals surface area contributed by atoms with Crippen LogP contribution in [-0.2, 0) is 10.0 Å². The third-order valence-electron chi connectivity index (χ3n) is 5.25. The van der Waals surface area contributed by atoms with Crippen LogP contribution in [0.1, 0.15) is 0 Å². The molecule has 172 valence electrons. The van der Waals surface area contributed by atoms with Crippen LogP contribution in [0.5, 0.6) is 11.5 Å². The largest absolute Gasteiger partial charge is 0.493 e. The average molecular weight is 494 g/mol. The van der Waals surface area contributed by atoms with Gasteiger partial charge in [0, 0.05) is 9.79 Å². The summed E-state index contributed by atoms with van der Waals surface area (Å²) in [4.78, 5) is 1.68. The van der Waals surface area contributed by atoms with E-state index < -0.39 is 10.0 Å². The van der Waals surface area contributed by atoms with Gasteiger partial charge in [-0.25, -0.2) is 13.0 Å². The molecule has 4 aromatic carbocycles. The molecule has 0 saturated carbocycles. The third-order valence-corrected chi connectivity index (χ3v) is 7.77. The topological polar surface area (TPSA) is 104 Å². The number of aromatic nitrogens is 2. The summed E-state index contributed by atoms with van der Waals surface area (Å²) >= 11 is 1.47. The Hall–Kier alpha value is -3.76. The van der Waals surface area contributed by atoms with E-state index in [1.807, 2.05) is 42.5 Å². The Morgan fingerprint density at radius 2 is 1.59 bits per heavy atom. The standard InChI is InChI=1S/C24H19N3O5S2/c1-30-18-11-6-10-17(24(18)31-2)27-34(28,29)21-14-13-20(22-23(21)26-32-25-22)33-19-12-5-8-15-7-3-4-9-16(15)19/h3-14,27H,1-2H3. The van der Waals surface area contributed by atoms with E-state index in [-0.39, 0.29) is 21.8 Å². The number of nitrogens with one attached hydrogen (secondary N) is 1. The first-order valence-corrected chi connectivity index (χ1v) is 12.5. The van der Waals surface area contributed by atoms with Crippen molar-refractivity contribution in [2.45, 2.75) is 14.7 Å². The third kappa shape index (κ3) is 3.91. The fraction of sp³-hybridized carbons (Fsp3) is 0.0833. The molecule has 8 nitrogen and oxygen atoms in total. The Kier molecular flexibility index (Phi) is 5.76. The van der Waals surface area contributed by atoms with Crippen molar-refractivity contribution in [3.05, 3.63) is 72.8 Å². The summed E-state index contributed by atoms with van der Waals surface area (Å²) < 4.78 is 44.7. The number of sulfonamides is 1. The Balaban J connectivity index is 1.54. The summed E-state index contributed by atoms with van der Waals surface area (Å²) in [5.41, 5.74) is 0.735. The highest BCUT2D eigenvalue weighted by Crippen LogP contribution is 2.39. The van der Waals surface area contributed by atoms with E-state index in [4.69, 9.17) is 14.1 Å². The van der Waals surface area contributed by atoms with Crippen molar-refractivity contribution in [1.29, 1.82) is 0 Å². The Bertz CT molecular complexity index is 1610. The van der Waals surface area contributed by atoms with Crippen molar-refractivity contribution in [2.75, 3.05) is 18.9 Å². The molecule has 0 atom stereocenters. The molecule has 0 saturated heterocycles. The number of hydrogen-bond donors (Lipinski definition) is 1. The Labute approximate surface area is 199 Å². The SMILES string of the molecule is COc1cccc(NS(=O)(=O)c2ccc(Sc3cccc4ccccc34)c3nonc23)c1OC. The molecule has 1 aromatic heterocycles. The van der Waals surface area contributed by atoms with E-state index in [9.17, 15) is 8.42 Å². The number of rotatable bonds is 7. The van der Waals surface area contributed by atoms with E-state index in [0.717, 1.165) is 20.6 Å². The highest BCUT2D eigenvalue weighted by molar-refractivity contribution is 7.99. The average Bonchev–Trinajstić information content (AvgIpc) is 3.34. The summed E-state index contributed by atoms with van der Waals surface area (Å²) in [7, 11) is -1.13. The van der Waals surface area contributed by atoms with E-state index in [1.54, 1.807) is 24.3 Å². The van der Waals surface area contributed by atoms with Crippen LogP contribution < -0.4 is 14.2 Å². The molecule has 34 heavy (non-hydrogen) atoms. The maximum Gasteiger partial charge on any atom is 0.264 e. The molecule has 0 amide bonds. The minimum Gasteiger partial charge on any atom is -0.493 e. The van der Waals surface area contributed by atoms with Gasteiger partial charge in [0.2, 0.25) is 0 Å². The first kappa shape index (κ1) is 22.1. The van der Waals surface area contributed by atoms with Gasteiger partial charge in [0.05, 0.1) is 19.9 Å². The molecule has 1 heterocycles. The molecule has 0 aliphatic carbocycles. The van der Waals surface area contributed by atoms with Crippen molar-refractivity contribution in [2.24, 2.45) is 0 Å². The number of nitrogens with zero attached hydrogens (tertiary/aromatic N) is 2. The van der Waals surface area contributed by atoms with Crippen LogP contribution in [0.4, 0.5) is 5.69 Å². The minimum absolute atomic E-state index is 0.0594. The van der Waals surface area contributed by atoms with Crippen LogP contribution >= 0.6 is 11.8 Å². The van der Waals surface area contributed by atoms with Gasteiger partial charge in [-0.1, -0.05) is 54.2 Å². The molecule has 0 fully saturated rings. The van der Waals surface area contributed by atoms with Gasteiger partial charge < -0.3 is 9.47 Å². The molecule has 0 unspecified atom stereocenters. The summed E-state index contributed by atoms with van der Waals surface area (Å²) in [5, 5.41) is 10.1.